The topological polar surface area (TPSA) is 134 Å². The van der Waals surface area contributed by atoms with Crippen molar-refractivity contribution in [2.75, 3.05) is 0 Å². The van der Waals surface area contributed by atoms with E-state index in [2.05, 4.69) is 34.6 Å². The van der Waals surface area contributed by atoms with Gasteiger partial charge in [0.1, 0.15) is 23.2 Å². The van der Waals surface area contributed by atoms with E-state index in [1.165, 1.54) is 40.9 Å². The van der Waals surface area contributed by atoms with Crippen LogP contribution in [0, 0.1) is 0 Å². The Bertz CT molecular complexity index is 1090. The zero-order chi connectivity index (χ0) is 26.6. The average molecular weight is 532 g/mol. The number of rotatable bonds is 10. The quantitative estimate of drug-likeness (QED) is 0.206. The number of thioether (sulfide) groups is 2. The molecule has 11 heteroatoms. The van der Waals surface area contributed by atoms with Gasteiger partial charge in [-0.05, 0) is 45.2 Å². The molecule has 0 saturated carbocycles. The van der Waals surface area contributed by atoms with E-state index in [1.54, 1.807) is 13.1 Å². The molecule has 2 fully saturated rings. The fourth-order valence-electron chi connectivity index (χ4n) is 4.34. The molecule has 3 amide bonds. The van der Waals surface area contributed by atoms with Crippen molar-refractivity contribution in [3.63, 3.8) is 0 Å². The Labute approximate surface area is 220 Å². The van der Waals surface area contributed by atoms with Crippen LogP contribution in [-0.2, 0) is 25.6 Å². The number of ketones is 1. The minimum absolute atomic E-state index is 0.0979. The van der Waals surface area contributed by atoms with E-state index >= 15 is 0 Å². The number of hydrogen-bond acceptors (Lipinski definition) is 8. The van der Waals surface area contributed by atoms with E-state index < -0.39 is 33.9 Å². The summed E-state index contributed by atoms with van der Waals surface area (Å²) in [5.74, 6) is -1.49. The molecule has 0 spiro atoms. The van der Waals surface area contributed by atoms with Gasteiger partial charge in [0, 0.05) is 11.2 Å². The van der Waals surface area contributed by atoms with Crippen LogP contribution in [0.15, 0.2) is 34.5 Å². The van der Waals surface area contributed by atoms with Crippen LogP contribution in [-0.4, -0.2) is 67.1 Å². The van der Waals surface area contributed by atoms with E-state index in [0.29, 0.717) is 5.04 Å². The van der Waals surface area contributed by atoms with Gasteiger partial charge in [-0.1, -0.05) is 49.4 Å². The first-order valence-electron chi connectivity index (χ1n) is 11.9. The number of primary amides is 1. The number of carbonyl (C=O) groups is 4. The van der Waals surface area contributed by atoms with E-state index in [4.69, 9.17) is 5.73 Å². The summed E-state index contributed by atoms with van der Waals surface area (Å²) in [6.07, 6.45) is 3.67. The third-order valence-corrected chi connectivity index (χ3v) is 8.87. The van der Waals surface area contributed by atoms with Crippen molar-refractivity contribution in [3.8, 4) is 0 Å². The molecular formula is C25H33N5O4S2. The molecule has 194 valence electrons. The molecule has 1 aromatic rings. The summed E-state index contributed by atoms with van der Waals surface area (Å²) >= 11 is 2.60. The number of benzene rings is 1. The van der Waals surface area contributed by atoms with Crippen molar-refractivity contribution in [1.82, 2.24) is 10.2 Å². The van der Waals surface area contributed by atoms with Gasteiger partial charge >= 0.3 is 0 Å². The van der Waals surface area contributed by atoms with Crippen LogP contribution in [0.4, 0.5) is 0 Å². The van der Waals surface area contributed by atoms with Crippen LogP contribution in [0.2, 0.25) is 0 Å². The highest BCUT2D eigenvalue weighted by Gasteiger charge is 2.63. The van der Waals surface area contributed by atoms with E-state index in [-0.39, 0.29) is 23.5 Å². The molecule has 1 aromatic carbocycles. The van der Waals surface area contributed by atoms with E-state index in [1.807, 2.05) is 26.0 Å². The number of nitrogens with two attached hydrogens (primary N) is 1. The van der Waals surface area contributed by atoms with Gasteiger partial charge in [0.2, 0.25) is 17.7 Å². The predicted octanol–water partition coefficient (Wildman–Crippen LogP) is 2.50. The van der Waals surface area contributed by atoms with Crippen LogP contribution in [0.5, 0.6) is 0 Å². The zero-order valence-electron chi connectivity index (χ0n) is 21.2. The molecule has 36 heavy (non-hydrogen) atoms. The summed E-state index contributed by atoms with van der Waals surface area (Å²) in [5.41, 5.74) is 7.70. The predicted molar refractivity (Wildman–Crippen MR) is 145 cm³/mol. The highest BCUT2D eigenvalue weighted by Crippen LogP contribution is 2.50. The van der Waals surface area contributed by atoms with Gasteiger partial charge in [-0.3, -0.25) is 19.2 Å². The summed E-state index contributed by atoms with van der Waals surface area (Å²) < 4.78 is -0.547. The zero-order valence-corrected chi connectivity index (χ0v) is 22.8. The van der Waals surface area contributed by atoms with Crippen molar-refractivity contribution in [2.24, 2.45) is 15.9 Å². The Morgan fingerprint density at radius 2 is 1.92 bits per heavy atom. The lowest BCUT2D eigenvalue weighted by Gasteiger charge is -2.44. The number of hydrogen-bond donors (Lipinski definition) is 2. The molecule has 9 nitrogen and oxygen atoms in total. The lowest BCUT2D eigenvalue weighted by Crippen LogP contribution is -2.71. The normalized spacial score (nSPS) is 23.8. The average Bonchev–Trinajstić information content (AvgIpc) is 3.06. The van der Waals surface area contributed by atoms with Crippen LogP contribution in [0.25, 0.3) is 0 Å². The van der Waals surface area contributed by atoms with Crippen LogP contribution in [0.1, 0.15) is 58.6 Å². The maximum absolute atomic E-state index is 12.7. The van der Waals surface area contributed by atoms with Gasteiger partial charge in [-0.25, -0.2) is 0 Å². The number of fused-ring (bicyclic) bond motifs is 1. The molecule has 0 aromatic heterocycles. The molecular weight excluding hydrogens is 498 g/mol. The number of β-lactam (4-membered cyclic amide) rings is 1. The lowest BCUT2D eigenvalue weighted by atomic mass is 9.95. The number of amides is 3. The molecule has 0 aliphatic carbocycles. The number of aryl methyl sites for hydroxylation is 1. The first kappa shape index (κ1) is 27.9. The number of carbonyl (C=O) groups excluding carboxylic acids is 4. The Morgan fingerprint density at radius 1 is 1.25 bits per heavy atom. The standard InChI is InChI=1S/C25H33N5O4S2/c1-6-7-16-8-10-17(11-9-16)13-27-29-15(3)35-18(14(2)31)12-19(32)28-20-23(34)30-21(22(26)33)25(4,5)36-24(20)30/h8-11,13,18,20-21,24H,6-7,12H2,1-5H3,(H2,26,33)(H,28,32)/b27-13+,29-15-. The van der Waals surface area contributed by atoms with Crippen molar-refractivity contribution < 1.29 is 19.2 Å². The molecule has 2 saturated heterocycles. The Morgan fingerprint density at radius 3 is 2.50 bits per heavy atom. The number of nitrogens with one attached hydrogen (secondary N) is 1. The SMILES string of the molecule is CCCc1ccc(/C=N/N=C(/C)SC(CC(=O)NC2C(=O)N3C2SC(C)(C)C3C(N)=O)C(C)=O)cc1. The van der Waals surface area contributed by atoms with Gasteiger partial charge in [-0.2, -0.15) is 5.10 Å². The largest absolute Gasteiger partial charge is 0.368 e. The van der Waals surface area contributed by atoms with Crippen molar-refractivity contribution in [3.05, 3.63) is 35.4 Å². The van der Waals surface area contributed by atoms with Crippen LogP contribution >= 0.6 is 23.5 Å². The molecule has 0 radical (unpaired) electrons. The molecule has 2 aliphatic heterocycles. The van der Waals surface area contributed by atoms with Gasteiger partial charge < -0.3 is 16.0 Å². The summed E-state index contributed by atoms with van der Waals surface area (Å²) in [5, 5.41) is 10.5. The monoisotopic (exact) mass is 531 g/mol. The second-order valence-corrected chi connectivity index (χ2v) is 12.7. The third kappa shape index (κ3) is 6.36. The maximum Gasteiger partial charge on any atom is 0.249 e. The molecule has 4 unspecified atom stereocenters. The van der Waals surface area contributed by atoms with Crippen molar-refractivity contribution in [2.45, 2.75) is 81.3 Å². The van der Waals surface area contributed by atoms with Gasteiger partial charge in [0.15, 0.2) is 0 Å². The minimum Gasteiger partial charge on any atom is -0.368 e. The fraction of sp³-hybridized carbons (Fsp3) is 0.520. The second kappa shape index (κ2) is 11.6. The van der Waals surface area contributed by atoms with Crippen molar-refractivity contribution in [1.29, 1.82) is 0 Å². The summed E-state index contributed by atoms with van der Waals surface area (Å²) in [6.45, 7) is 8.99. The number of Topliss-reactive ketones (excluding diaryl/α,β-unsaturated/α-hetero) is 1. The van der Waals surface area contributed by atoms with Gasteiger partial charge in [-0.15, -0.1) is 16.9 Å². The molecule has 2 heterocycles. The summed E-state index contributed by atoms with van der Waals surface area (Å²) in [7, 11) is 0. The van der Waals surface area contributed by atoms with E-state index in [0.717, 1.165) is 18.4 Å². The molecule has 0 bridgehead atoms. The fourth-order valence-corrected chi connectivity index (χ4v) is 6.89. The highest BCUT2D eigenvalue weighted by atomic mass is 32.2. The third-order valence-electron chi connectivity index (χ3n) is 6.09. The van der Waals surface area contributed by atoms with Crippen molar-refractivity contribution >= 4 is 58.3 Å². The van der Waals surface area contributed by atoms with Gasteiger partial charge in [0.25, 0.3) is 0 Å². The molecule has 3 N–H and O–H groups in total. The Kier molecular flexibility index (Phi) is 8.99. The highest BCUT2D eigenvalue weighted by molar-refractivity contribution is 8.15. The van der Waals surface area contributed by atoms with Crippen LogP contribution < -0.4 is 11.1 Å². The van der Waals surface area contributed by atoms with E-state index in [9.17, 15) is 19.2 Å². The number of nitrogens with zero attached hydrogens (tertiary/aromatic N) is 3. The van der Waals surface area contributed by atoms with Crippen LogP contribution in [0.3, 0.4) is 0 Å². The van der Waals surface area contributed by atoms with Gasteiger partial charge in [0.05, 0.1) is 16.5 Å². The lowest BCUT2D eigenvalue weighted by molar-refractivity contribution is -0.154. The Hall–Kier alpha value is -2.66. The molecule has 4 atom stereocenters. The molecule has 3 rings (SSSR count). The first-order valence-corrected chi connectivity index (χ1v) is 13.6. The second-order valence-electron chi connectivity index (χ2n) is 9.48. The molecule has 2 aliphatic rings. The first-order chi connectivity index (χ1) is 16.9. The summed E-state index contributed by atoms with van der Waals surface area (Å²) in [4.78, 5) is 50.9. The summed E-state index contributed by atoms with van der Waals surface area (Å²) in [6, 6.07) is 6.62. The Balaban J connectivity index is 1.55. The minimum atomic E-state index is -0.744. The maximum atomic E-state index is 12.7. The smallest absolute Gasteiger partial charge is 0.249 e.